The molecular weight excluding hydrogens is 297 g/mol. The van der Waals surface area contributed by atoms with Crippen molar-refractivity contribution >= 4 is 15.9 Å². The van der Waals surface area contributed by atoms with Crippen LogP contribution in [0.3, 0.4) is 0 Å². The largest absolute Gasteiger partial charge is 0.369 e. The van der Waals surface area contributed by atoms with Crippen molar-refractivity contribution in [3.8, 4) is 6.07 Å². The van der Waals surface area contributed by atoms with Gasteiger partial charge >= 0.3 is 0 Å². The third kappa shape index (κ3) is 4.00. The highest BCUT2D eigenvalue weighted by Gasteiger charge is 2.30. The summed E-state index contributed by atoms with van der Waals surface area (Å²) < 4.78 is 39.5. The fourth-order valence-corrected chi connectivity index (χ4v) is 3.52. The van der Waals surface area contributed by atoms with Gasteiger partial charge in [0, 0.05) is 6.54 Å². The van der Waals surface area contributed by atoms with Gasteiger partial charge in [0.25, 0.3) is 0 Å². The van der Waals surface area contributed by atoms with Gasteiger partial charge in [-0.25, -0.2) is 12.8 Å². The Kier molecular flexibility index (Phi) is 5.41. The number of nitriles is 1. The number of benzene rings is 1. The van der Waals surface area contributed by atoms with Gasteiger partial charge in [0.1, 0.15) is 22.3 Å². The molecule has 0 aliphatic carbocycles. The van der Waals surface area contributed by atoms with Crippen LogP contribution in [0.2, 0.25) is 0 Å². The normalized spacial score (nSPS) is 11.6. The molecule has 1 aromatic rings. The van der Waals surface area contributed by atoms with Gasteiger partial charge in [-0.15, -0.1) is 0 Å². The lowest BCUT2D eigenvalue weighted by atomic mass is 10.2. The summed E-state index contributed by atoms with van der Waals surface area (Å²) >= 11 is 0. The van der Waals surface area contributed by atoms with Crippen LogP contribution < -0.4 is 5.73 Å². The van der Waals surface area contributed by atoms with Crippen LogP contribution in [0.4, 0.5) is 4.39 Å². The number of sulfonamides is 1. The Morgan fingerprint density at radius 2 is 2.10 bits per heavy atom. The number of halogens is 1. The summed E-state index contributed by atoms with van der Waals surface area (Å²) in [6.45, 7) is 3.04. The lowest BCUT2D eigenvalue weighted by Crippen LogP contribution is -2.40. The first kappa shape index (κ1) is 17.1. The number of carbonyl (C=O) groups excluding carboxylic acids is 1. The van der Waals surface area contributed by atoms with Crippen molar-refractivity contribution in [1.29, 1.82) is 5.26 Å². The maximum absolute atomic E-state index is 13.6. The molecule has 0 aromatic heterocycles. The van der Waals surface area contributed by atoms with Crippen molar-refractivity contribution in [3.63, 3.8) is 0 Å². The number of hydrogen-bond donors (Lipinski definition) is 1. The second-order valence-corrected chi connectivity index (χ2v) is 6.79. The third-order valence-corrected chi connectivity index (χ3v) is 4.46. The summed E-state index contributed by atoms with van der Waals surface area (Å²) in [4.78, 5) is 10.6. The van der Waals surface area contributed by atoms with Crippen LogP contribution in [0.15, 0.2) is 23.1 Å². The molecule has 0 bridgehead atoms. The van der Waals surface area contributed by atoms with Crippen LogP contribution in [0.25, 0.3) is 0 Å². The summed E-state index contributed by atoms with van der Waals surface area (Å²) in [6.07, 6.45) is 0. The molecule has 1 amide bonds. The molecule has 21 heavy (non-hydrogen) atoms. The number of carbonyl (C=O) groups is 1. The summed E-state index contributed by atoms with van der Waals surface area (Å²) in [5.74, 6) is -1.82. The zero-order chi connectivity index (χ0) is 16.2. The molecule has 8 heteroatoms. The molecule has 2 N–H and O–H groups in total. The Bertz CT molecular complexity index is 680. The van der Waals surface area contributed by atoms with Crippen LogP contribution in [0.1, 0.15) is 19.4 Å². The van der Waals surface area contributed by atoms with Crippen LogP contribution >= 0.6 is 0 Å². The molecule has 1 aromatic carbocycles. The number of nitrogens with two attached hydrogens (primary N) is 1. The number of nitrogens with zero attached hydrogens (tertiary/aromatic N) is 2. The van der Waals surface area contributed by atoms with Crippen molar-refractivity contribution in [3.05, 3.63) is 29.6 Å². The van der Waals surface area contributed by atoms with E-state index in [0.29, 0.717) is 0 Å². The van der Waals surface area contributed by atoms with E-state index in [2.05, 4.69) is 0 Å². The number of hydrogen-bond acceptors (Lipinski definition) is 4. The molecule has 0 atom stereocenters. The lowest BCUT2D eigenvalue weighted by molar-refractivity contribution is -0.118. The van der Waals surface area contributed by atoms with Gasteiger partial charge in [-0.1, -0.05) is 19.9 Å². The van der Waals surface area contributed by atoms with E-state index in [9.17, 15) is 17.6 Å². The minimum atomic E-state index is -4.19. The Morgan fingerprint density at radius 1 is 1.48 bits per heavy atom. The topological polar surface area (TPSA) is 104 Å². The molecule has 0 aliphatic heterocycles. The molecule has 0 saturated carbocycles. The highest BCUT2D eigenvalue weighted by molar-refractivity contribution is 7.89. The van der Waals surface area contributed by atoms with Crippen LogP contribution in [-0.4, -0.2) is 31.7 Å². The number of rotatable bonds is 6. The van der Waals surface area contributed by atoms with E-state index in [0.717, 1.165) is 16.4 Å². The molecule has 0 saturated heterocycles. The van der Waals surface area contributed by atoms with Crippen molar-refractivity contribution in [1.82, 2.24) is 4.31 Å². The number of amides is 1. The summed E-state index contributed by atoms with van der Waals surface area (Å²) in [5, 5.41) is 8.94. The molecule has 0 heterocycles. The first-order chi connectivity index (χ1) is 9.70. The standard InChI is InChI=1S/C13H16FN3O3S/c1-9(2)7-17(8-13(16)18)21(19,20)12-5-3-4-11(14)10(12)6-15/h3-5,9H,7-8H2,1-2H3,(H2,16,18). The van der Waals surface area contributed by atoms with E-state index >= 15 is 0 Å². The summed E-state index contributed by atoms with van der Waals surface area (Å²) in [7, 11) is -4.19. The Hall–Kier alpha value is -1.98. The second kappa shape index (κ2) is 6.65. The van der Waals surface area contributed by atoms with Gasteiger partial charge in [0.15, 0.2) is 0 Å². The first-order valence-corrected chi connectivity index (χ1v) is 7.61. The average molecular weight is 313 g/mol. The SMILES string of the molecule is CC(C)CN(CC(N)=O)S(=O)(=O)c1cccc(F)c1C#N. The molecule has 0 spiro atoms. The van der Waals surface area contributed by atoms with Gasteiger partial charge in [0.2, 0.25) is 15.9 Å². The quantitative estimate of drug-likeness (QED) is 0.839. The summed E-state index contributed by atoms with van der Waals surface area (Å²) in [5.41, 5.74) is 4.49. The predicted molar refractivity (Wildman–Crippen MR) is 73.9 cm³/mol. The van der Waals surface area contributed by atoms with Crippen LogP contribution in [0, 0.1) is 23.1 Å². The second-order valence-electron chi connectivity index (χ2n) is 4.88. The van der Waals surface area contributed by atoms with Crippen molar-refractivity contribution in [2.75, 3.05) is 13.1 Å². The molecule has 0 radical (unpaired) electrons. The maximum atomic E-state index is 13.6. The molecule has 0 aliphatic rings. The fourth-order valence-electron chi connectivity index (χ4n) is 1.80. The van der Waals surface area contributed by atoms with E-state index < -0.39 is 38.8 Å². The number of primary amides is 1. The third-order valence-electron chi connectivity index (χ3n) is 2.61. The predicted octanol–water partition coefficient (Wildman–Crippen LogP) is 0.829. The minimum Gasteiger partial charge on any atom is -0.369 e. The highest BCUT2D eigenvalue weighted by Crippen LogP contribution is 2.22. The van der Waals surface area contributed by atoms with Crippen molar-refractivity contribution < 1.29 is 17.6 Å². The first-order valence-electron chi connectivity index (χ1n) is 6.17. The van der Waals surface area contributed by atoms with E-state index in [-0.39, 0.29) is 12.5 Å². The van der Waals surface area contributed by atoms with Gasteiger partial charge in [0.05, 0.1) is 6.54 Å². The van der Waals surface area contributed by atoms with Crippen molar-refractivity contribution in [2.45, 2.75) is 18.7 Å². The van der Waals surface area contributed by atoms with Crippen molar-refractivity contribution in [2.24, 2.45) is 11.7 Å². The molecule has 0 unspecified atom stereocenters. The highest BCUT2D eigenvalue weighted by atomic mass is 32.2. The molecule has 1 rings (SSSR count). The van der Waals surface area contributed by atoms with Gasteiger partial charge in [-0.3, -0.25) is 4.79 Å². The van der Waals surface area contributed by atoms with Gasteiger partial charge in [-0.2, -0.15) is 9.57 Å². The molecule has 0 fully saturated rings. The average Bonchev–Trinajstić information content (AvgIpc) is 2.36. The van der Waals surface area contributed by atoms with Crippen LogP contribution in [-0.2, 0) is 14.8 Å². The lowest BCUT2D eigenvalue weighted by Gasteiger charge is -2.23. The van der Waals surface area contributed by atoms with Gasteiger partial charge < -0.3 is 5.73 Å². The van der Waals surface area contributed by atoms with E-state index in [1.165, 1.54) is 12.1 Å². The minimum absolute atomic E-state index is 0.0344. The zero-order valence-corrected chi connectivity index (χ0v) is 12.5. The van der Waals surface area contributed by atoms with E-state index in [4.69, 9.17) is 11.0 Å². The molecule has 114 valence electrons. The fraction of sp³-hybridized carbons (Fsp3) is 0.385. The Labute approximate surface area is 123 Å². The summed E-state index contributed by atoms with van der Waals surface area (Å²) in [6, 6.07) is 4.86. The Morgan fingerprint density at radius 3 is 2.57 bits per heavy atom. The maximum Gasteiger partial charge on any atom is 0.244 e. The molecule has 6 nitrogen and oxygen atoms in total. The Balaban J connectivity index is 3.39. The zero-order valence-electron chi connectivity index (χ0n) is 11.7. The van der Waals surface area contributed by atoms with E-state index in [1.54, 1.807) is 13.8 Å². The van der Waals surface area contributed by atoms with E-state index in [1.807, 2.05) is 0 Å². The van der Waals surface area contributed by atoms with Crippen LogP contribution in [0.5, 0.6) is 0 Å². The smallest absolute Gasteiger partial charge is 0.244 e. The van der Waals surface area contributed by atoms with Gasteiger partial charge in [-0.05, 0) is 18.1 Å². The monoisotopic (exact) mass is 313 g/mol. The molecular formula is C13H16FN3O3S.